The molecule has 0 spiro atoms. The molecule has 0 aromatic carbocycles. The van der Waals surface area contributed by atoms with E-state index in [1.54, 1.807) is 0 Å². The zero-order valence-electron chi connectivity index (χ0n) is 47.6. The Morgan fingerprint density at radius 1 is 0.486 bits per heavy atom. The number of unbranched alkanes of at least 4 members (excludes halogenated alkanes) is 27. The van der Waals surface area contributed by atoms with Crippen LogP contribution in [0.4, 0.5) is 0 Å². The van der Waals surface area contributed by atoms with Crippen LogP contribution in [0.3, 0.4) is 0 Å². The lowest BCUT2D eigenvalue weighted by Gasteiger charge is -2.30. The lowest BCUT2D eigenvalue weighted by molar-refractivity contribution is -0.870. The fourth-order valence-corrected chi connectivity index (χ4v) is 8.93. The molecule has 418 valence electrons. The SMILES string of the molecule is CCCCC/C=C\C/C=C\C/C=C\C/C=C\CCCCCC(=O)OC(/C=C/CCCCCCCCCCC)C(COP(=O)([O-])OCC[N+](C)(C)C)NC(=O)CCCCCCC/C=C/CCCCCCCCC. The topological polar surface area (TPSA) is 114 Å². The summed E-state index contributed by atoms with van der Waals surface area (Å²) in [6.07, 6.45) is 65.8. The van der Waals surface area contributed by atoms with Crippen molar-refractivity contribution in [2.45, 2.75) is 270 Å². The van der Waals surface area contributed by atoms with Crippen molar-refractivity contribution in [3.8, 4) is 0 Å². The molecular weight excluding hydrogens is 916 g/mol. The van der Waals surface area contributed by atoms with E-state index in [4.69, 9.17) is 13.8 Å². The summed E-state index contributed by atoms with van der Waals surface area (Å²) in [5.41, 5.74) is 0. The molecule has 0 heterocycles. The minimum absolute atomic E-state index is 0.0314. The monoisotopic (exact) mass is 1030 g/mol. The maximum atomic E-state index is 13.5. The van der Waals surface area contributed by atoms with Gasteiger partial charge >= 0.3 is 5.97 Å². The van der Waals surface area contributed by atoms with Gasteiger partial charge in [-0.15, -0.1) is 0 Å². The molecule has 3 atom stereocenters. The van der Waals surface area contributed by atoms with Crippen molar-refractivity contribution < 1.29 is 37.3 Å². The van der Waals surface area contributed by atoms with Gasteiger partial charge in [0.2, 0.25) is 5.91 Å². The predicted octanol–water partition coefficient (Wildman–Crippen LogP) is 17.4. The molecule has 0 saturated heterocycles. The number of hydrogen-bond acceptors (Lipinski definition) is 7. The number of quaternary nitrogens is 1. The molecule has 3 unspecified atom stereocenters. The van der Waals surface area contributed by atoms with Crippen LogP contribution in [0, 0.1) is 0 Å². The van der Waals surface area contributed by atoms with Gasteiger partial charge in [0.1, 0.15) is 19.3 Å². The van der Waals surface area contributed by atoms with E-state index in [-0.39, 0.29) is 24.9 Å². The van der Waals surface area contributed by atoms with Gasteiger partial charge in [-0.05, 0) is 102 Å². The fourth-order valence-electron chi connectivity index (χ4n) is 8.20. The molecular formula is C62H113N2O7P. The van der Waals surface area contributed by atoms with Gasteiger partial charge in [0.05, 0.1) is 33.8 Å². The number of likely N-dealkylation sites (N-methyl/N-ethyl adjacent to an activating group) is 1. The third-order valence-electron chi connectivity index (χ3n) is 12.9. The Morgan fingerprint density at radius 2 is 0.847 bits per heavy atom. The summed E-state index contributed by atoms with van der Waals surface area (Å²) >= 11 is 0. The molecule has 1 amide bonds. The second-order valence-corrected chi connectivity index (χ2v) is 22.6. The molecule has 9 nitrogen and oxygen atoms in total. The van der Waals surface area contributed by atoms with E-state index < -0.39 is 26.6 Å². The smallest absolute Gasteiger partial charge is 0.306 e. The fraction of sp³-hybridized carbons (Fsp3) is 0.774. The van der Waals surface area contributed by atoms with Crippen molar-refractivity contribution in [2.24, 2.45) is 0 Å². The Hall–Kier alpha value is -2.55. The molecule has 0 saturated carbocycles. The number of allylic oxidation sites excluding steroid dienone is 11. The summed E-state index contributed by atoms with van der Waals surface area (Å²) in [4.78, 5) is 39.9. The molecule has 10 heteroatoms. The normalized spacial score (nSPS) is 14.3. The van der Waals surface area contributed by atoms with Gasteiger partial charge in [-0.2, -0.15) is 0 Å². The highest BCUT2D eigenvalue weighted by Crippen LogP contribution is 2.38. The van der Waals surface area contributed by atoms with E-state index >= 15 is 0 Å². The van der Waals surface area contributed by atoms with Crippen LogP contribution in [0.2, 0.25) is 0 Å². The molecule has 0 radical (unpaired) electrons. The number of carbonyl (C=O) groups excluding carboxylic acids is 2. The first-order valence-corrected chi connectivity index (χ1v) is 31.2. The molecule has 0 fully saturated rings. The number of esters is 1. The van der Waals surface area contributed by atoms with Crippen LogP contribution in [-0.4, -0.2) is 69.4 Å². The van der Waals surface area contributed by atoms with Crippen LogP contribution in [-0.2, 0) is 27.9 Å². The summed E-state index contributed by atoms with van der Waals surface area (Å²) < 4.78 is 30.2. The zero-order valence-corrected chi connectivity index (χ0v) is 48.5. The van der Waals surface area contributed by atoms with Crippen LogP contribution in [0.5, 0.6) is 0 Å². The van der Waals surface area contributed by atoms with Crippen LogP contribution < -0.4 is 10.2 Å². The average molecular weight is 1030 g/mol. The maximum Gasteiger partial charge on any atom is 0.306 e. The van der Waals surface area contributed by atoms with Crippen LogP contribution in [0.1, 0.15) is 258 Å². The minimum Gasteiger partial charge on any atom is -0.756 e. The summed E-state index contributed by atoms with van der Waals surface area (Å²) in [6.45, 7) is 6.77. The number of phosphoric acid groups is 1. The lowest BCUT2D eigenvalue weighted by Crippen LogP contribution is -2.47. The number of phosphoric ester groups is 1. The highest BCUT2D eigenvalue weighted by atomic mass is 31.2. The standard InChI is InChI=1S/C62H113N2O7P/c1-7-10-13-16-19-22-25-27-29-31-32-33-35-37-40-43-46-49-52-55-62(66)71-60(53-50-47-44-41-38-24-21-18-15-12-9-3)59(58-70-72(67,68)69-57-56-64(4,5)6)63-61(65)54-51-48-45-42-39-36-34-30-28-26-23-20-17-14-11-8-2/h19,22,27,29-30,32-34,37,40,50,53,59-60H,7-18,20-21,23-26,28,31,35-36,38-39,41-49,51-52,54-58H2,1-6H3,(H-,63,65,67,68)/b22-19-,29-27-,33-32-,34-30+,40-37-,53-50+. The number of nitrogens with one attached hydrogen (secondary N) is 1. The summed E-state index contributed by atoms with van der Waals surface area (Å²) in [5.74, 6) is -0.587. The van der Waals surface area contributed by atoms with Gasteiger partial charge in [-0.3, -0.25) is 14.2 Å². The van der Waals surface area contributed by atoms with Crippen molar-refractivity contribution >= 4 is 19.7 Å². The van der Waals surface area contributed by atoms with Crippen molar-refractivity contribution in [1.82, 2.24) is 5.32 Å². The third-order valence-corrected chi connectivity index (χ3v) is 13.8. The predicted molar refractivity (Wildman–Crippen MR) is 307 cm³/mol. The summed E-state index contributed by atoms with van der Waals surface area (Å²) in [6, 6.07) is -0.907. The first kappa shape index (κ1) is 69.5. The molecule has 0 bridgehead atoms. The minimum atomic E-state index is -4.71. The number of rotatable bonds is 53. The molecule has 0 aliphatic carbocycles. The second kappa shape index (κ2) is 51.9. The lowest BCUT2D eigenvalue weighted by atomic mass is 10.1. The van der Waals surface area contributed by atoms with Crippen molar-refractivity contribution in [2.75, 3.05) is 40.9 Å². The number of ether oxygens (including phenoxy) is 1. The Morgan fingerprint density at radius 3 is 1.32 bits per heavy atom. The van der Waals surface area contributed by atoms with E-state index in [1.165, 1.54) is 122 Å². The number of hydrogen-bond donors (Lipinski definition) is 1. The van der Waals surface area contributed by atoms with Crippen molar-refractivity contribution in [1.29, 1.82) is 0 Å². The highest BCUT2D eigenvalue weighted by Gasteiger charge is 2.27. The quantitative estimate of drug-likeness (QED) is 0.0212. The second-order valence-electron chi connectivity index (χ2n) is 21.1. The molecule has 0 aromatic heterocycles. The van der Waals surface area contributed by atoms with Crippen molar-refractivity contribution in [3.63, 3.8) is 0 Å². The van der Waals surface area contributed by atoms with E-state index in [0.29, 0.717) is 23.9 Å². The summed E-state index contributed by atoms with van der Waals surface area (Å²) in [5, 5.41) is 3.01. The Balaban J connectivity index is 5.36. The molecule has 0 aliphatic heterocycles. The molecule has 1 N–H and O–H groups in total. The van der Waals surface area contributed by atoms with Gasteiger partial charge in [0, 0.05) is 12.8 Å². The van der Waals surface area contributed by atoms with Gasteiger partial charge in [0.15, 0.2) is 0 Å². The van der Waals surface area contributed by atoms with Gasteiger partial charge in [-0.1, -0.05) is 216 Å². The first-order chi connectivity index (χ1) is 34.9. The average Bonchev–Trinajstić information content (AvgIpc) is 3.34. The third kappa shape index (κ3) is 52.3. The van der Waals surface area contributed by atoms with Gasteiger partial charge < -0.3 is 28.5 Å². The first-order valence-electron chi connectivity index (χ1n) is 29.7. The molecule has 0 aromatic rings. The Kier molecular flexibility index (Phi) is 50.1. The van der Waals surface area contributed by atoms with E-state index in [0.717, 1.165) is 96.3 Å². The zero-order chi connectivity index (χ0) is 52.9. The maximum absolute atomic E-state index is 13.5. The van der Waals surface area contributed by atoms with Crippen LogP contribution in [0.25, 0.3) is 0 Å². The van der Waals surface area contributed by atoms with Gasteiger partial charge in [-0.25, -0.2) is 0 Å². The Bertz CT molecular complexity index is 1460. The molecule has 72 heavy (non-hydrogen) atoms. The molecule has 0 rings (SSSR count). The molecule has 0 aliphatic rings. The van der Waals surface area contributed by atoms with Crippen LogP contribution >= 0.6 is 7.82 Å². The highest BCUT2D eigenvalue weighted by molar-refractivity contribution is 7.45. The largest absolute Gasteiger partial charge is 0.756 e. The van der Waals surface area contributed by atoms with E-state index in [9.17, 15) is 19.0 Å². The number of carbonyl (C=O) groups is 2. The van der Waals surface area contributed by atoms with E-state index in [2.05, 4.69) is 86.8 Å². The van der Waals surface area contributed by atoms with E-state index in [1.807, 2.05) is 33.3 Å². The number of nitrogens with zero attached hydrogens (tertiary/aromatic N) is 1. The van der Waals surface area contributed by atoms with Crippen molar-refractivity contribution in [3.05, 3.63) is 72.9 Å². The number of amides is 1. The Labute approximate surface area is 444 Å². The van der Waals surface area contributed by atoms with Crippen LogP contribution in [0.15, 0.2) is 72.9 Å². The summed E-state index contributed by atoms with van der Waals surface area (Å²) in [7, 11) is 1.16. The van der Waals surface area contributed by atoms with Gasteiger partial charge in [0.25, 0.3) is 7.82 Å².